The summed E-state index contributed by atoms with van der Waals surface area (Å²) in [7, 11) is 0. The second-order valence-corrected chi connectivity index (χ2v) is 16.6. The maximum absolute atomic E-state index is 6.73. The Hall–Kier alpha value is -7.11. The van der Waals surface area contributed by atoms with E-state index in [1.165, 1.54) is 39.0 Å². The van der Waals surface area contributed by atoms with Gasteiger partial charge in [0, 0.05) is 51.3 Å². The van der Waals surface area contributed by atoms with Gasteiger partial charge < -0.3 is 14.5 Å². The summed E-state index contributed by atoms with van der Waals surface area (Å²) in [6, 6.07) is 66.8. The number of nitrogens with zero attached hydrogens (tertiary/aromatic N) is 4. The molecule has 0 saturated carbocycles. The topological polar surface area (TPSA) is 33.5 Å². The molecule has 0 unspecified atom stereocenters. The van der Waals surface area contributed by atoms with Crippen LogP contribution in [-0.2, 0) is 10.8 Å². The van der Waals surface area contributed by atoms with Gasteiger partial charge in [0.2, 0.25) is 0 Å². The molecule has 0 fully saturated rings. The molecule has 0 aliphatic carbocycles. The highest BCUT2D eigenvalue weighted by Crippen LogP contribution is 2.46. The number of hydrogen-bond acceptors (Lipinski definition) is 4. The zero-order chi connectivity index (χ0) is 40.1. The van der Waals surface area contributed by atoms with Crippen LogP contribution in [0.3, 0.4) is 0 Å². The van der Waals surface area contributed by atoms with Crippen LogP contribution in [0.1, 0.15) is 49.9 Å². The van der Waals surface area contributed by atoms with E-state index in [4.69, 9.17) is 9.72 Å². The Morgan fingerprint density at radius 1 is 0.441 bits per heavy atom. The quantitative estimate of drug-likeness (QED) is 0.146. The first kappa shape index (κ1) is 36.2. The molecular formula is C54H46N4O. The van der Waals surface area contributed by atoms with Gasteiger partial charge >= 0.3 is 0 Å². The van der Waals surface area contributed by atoms with Crippen LogP contribution in [0, 0.1) is 0 Å². The Morgan fingerprint density at radius 2 is 0.983 bits per heavy atom. The summed E-state index contributed by atoms with van der Waals surface area (Å²) in [5.41, 5.74) is 11.4. The number of anilines is 4. The molecule has 0 N–H and O–H groups in total. The number of hydrogen-bond donors (Lipinski definition) is 0. The molecule has 9 aromatic rings. The molecule has 0 bridgehead atoms. The van der Waals surface area contributed by atoms with Crippen molar-refractivity contribution in [3.63, 3.8) is 0 Å². The van der Waals surface area contributed by atoms with Crippen LogP contribution in [0.25, 0.3) is 27.6 Å². The Labute approximate surface area is 346 Å². The van der Waals surface area contributed by atoms with Crippen LogP contribution >= 0.6 is 0 Å². The van der Waals surface area contributed by atoms with Gasteiger partial charge in [-0.25, -0.2) is 4.98 Å². The molecular weight excluding hydrogens is 721 g/mol. The van der Waals surface area contributed by atoms with E-state index in [-0.39, 0.29) is 10.8 Å². The lowest BCUT2D eigenvalue weighted by atomic mass is 9.78. The van der Waals surface area contributed by atoms with E-state index in [2.05, 4.69) is 224 Å². The molecule has 1 aliphatic rings. The Bertz CT molecular complexity index is 2970. The van der Waals surface area contributed by atoms with E-state index < -0.39 is 0 Å². The van der Waals surface area contributed by atoms with Crippen molar-refractivity contribution in [1.29, 1.82) is 0 Å². The number of pyridine rings is 1. The lowest BCUT2D eigenvalue weighted by Crippen LogP contribution is -2.25. The molecule has 288 valence electrons. The summed E-state index contributed by atoms with van der Waals surface area (Å²) in [5, 5.41) is 2.33. The zero-order valence-corrected chi connectivity index (χ0v) is 33.9. The molecule has 0 atom stereocenters. The van der Waals surface area contributed by atoms with E-state index in [1.807, 2.05) is 12.3 Å². The van der Waals surface area contributed by atoms with Crippen LogP contribution in [0.5, 0.6) is 11.5 Å². The SMILES string of the molecule is CC(C)(c1ccccc1)c1cccc(N2CN(c3cccc(Oc4ccc5c6ccccc6n(-c6cc(C(C)(C)c7ccccc7)ccn6)c5c4)c3)c3ccccc32)c1. The zero-order valence-electron chi connectivity index (χ0n) is 33.9. The monoisotopic (exact) mass is 766 g/mol. The maximum Gasteiger partial charge on any atom is 0.137 e. The highest BCUT2D eigenvalue weighted by atomic mass is 16.5. The average Bonchev–Trinajstić information content (AvgIpc) is 3.83. The first-order valence-electron chi connectivity index (χ1n) is 20.4. The highest BCUT2D eigenvalue weighted by Gasteiger charge is 2.30. The molecule has 0 spiro atoms. The van der Waals surface area contributed by atoms with E-state index >= 15 is 0 Å². The lowest BCUT2D eigenvalue weighted by molar-refractivity contribution is 0.483. The van der Waals surface area contributed by atoms with Gasteiger partial charge in [0.15, 0.2) is 0 Å². The molecule has 10 rings (SSSR count). The smallest absolute Gasteiger partial charge is 0.137 e. The van der Waals surface area contributed by atoms with Crippen molar-refractivity contribution >= 4 is 44.6 Å². The van der Waals surface area contributed by atoms with Gasteiger partial charge in [-0.15, -0.1) is 0 Å². The average molecular weight is 767 g/mol. The van der Waals surface area contributed by atoms with Crippen molar-refractivity contribution in [1.82, 2.24) is 9.55 Å². The molecule has 59 heavy (non-hydrogen) atoms. The number of benzene rings is 7. The minimum atomic E-state index is -0.201. The molecule has 0 amide bonds. The van der Waals surface area contributed by atoms with Crippen LogP contribution in [0.4, 0.5) is 22.7 Å². The van der Waals surface area contributed by atoms with Gasteiger partial charge in [-0.05, 0) is 89.0 Å². The molecule has 7 aromatic carbocycles. The summed E-state index contributed by atoms with van der Waals surface area (Å²) >= 11 is 0. The first-order valence-corrected chi connectivity index (χ1v) is 20.4. The molecule has 0 radical (unpaired) electrons. The molecule has 0 saturated heterocycles. The van der Waals surface area contributed by atoms with Gasteiger partial charge in [0.25, 0.3) is 0 Å². The number of rotatable bonds is 9. The fraction of sp³-hybridized carbons (Fsp3) is 0.130. The van der Waals surface area contributed by atoms with Gasteiger partial charge in [-0.1, -0.05) is 137 Å². The molecule has 3 heterocycles. The van der Waals surface area contributed by atoms with Crippen LogP contribution in [0.2, 0.25) is 0 Å². The largest absolute Gasteiger partial charge is 0.457 e. The fourth-order valence-corrected chi connectivity index (χ4v) is 8.80. The predicted molar refractivity (Wildman–Crippen MR) is 244 cm³/mol. The van der Waals surface area contributed by atoms with Crippen LogP contribution in [-0.4, -0.2) is 16.2 Å². The molecule has 5 heteroatoms. The second kappa shape index (κ2) is 14.4. The Kier molecular flexibility index (Phi) is 8.83. The number of para-hydroxylation sites is 3. The first-order chi connectivity index (χ1) is 28.8. The van der Waals surface area contributed by atoms with Gasteiger partial charge in [0.1, 0.15) is 24.0 Å². The van der Waals surface area contributed by atoms with Gasteiger partial charge in [-0.3, -0.25) is 4.57 Å². The standard InChI is InChI=1S/C54H46N4O/c1-53(2,38-17-7-5-8-18-38)40-21-15-22-42(33-40)56-37-57(50-28-14-13-27-49(50)56)43-23-16-24-44(35-43)59-45-29-30-47-46-25-11-12-26-48(46)58(51(47)36-45)52-34-41(31-32-55-52)54(3,4)39-19-9-6-10-20-39/h5-36H,37H2,1-4H3. The minimum absolute atomic E-state index is 0.140. The molecule has 1 aliphatic heterocycles. The van der Waals surface area contributed by atoms with Crippen molar-refractivity contribution in [3.05, 3.63) is 217 Å². The van der Waals surface area contributed by atoms with Crippen molar-refractivity contribution < 1.29 is 4.74 Å². The maximum atomic E-state index is 6.73. The third-order valence-electron chi connectivity index (χ3n) is 12.3. The third-order valence-corrected chi connectivity index (χ3v) is 12.3. The van der Waals surface area contributed by atoms with Crippen molar-refractivity contribution in [2.75, 3.05) is 16.5 Å². The van der Waals surface area contributed by atoms with Crippen molar-refractivity contribution in [3.8, 4) is 17.3 Å². The Balaban J connectivity index is 0.975. The third kappa shape index (κ3) is 6.40. The number of aromatic nitrogens is 2. The van der Waals surface area contributed by atoms with E-state index in [0.29, 0.717) is 6.67 Å². The normalized spacial score (nSPS) is 12.9. The number of fused-ring (bicyclic) bond motifs is 4. The fourth-order valence-electron chi connectivity index (χ4n) is 8.80. The van der Waals surface area contributed by atoms with E-state index in [9.17, 15) is 0 Å². The summed E-state index contributed by atoms with van der Waals surface area (Å²) in [6.45, 7) is 9.83. The second-order valence-electron chi connectivity index (χ2n) is 16.6. The summed E-state index contributed by atoms with van der Waals surface area (Å²) in [6.07, 6.45) is 1.93. The van der Waals surface area contributed by atoms with Crippen LogP contribution < -0.4 is 14.5 Å². The summed E-state index contributed by atoms with van der Waals surface area (Å²) in [5.74, 6) is 2.42. The highest BCUT2D eigenvalue weighted by molar-refractivity contribution is 6.09. The van der Waals surface area contributed by atoms with Gasteiger partial charge in [-0.2, -0.15) is 0 Å². The minimum Gasteiger partial charge on any atom is -0.457 e. The summed E-state index contributed by atoms with van der Waals surface area (Å²) in [4.78, 5) is 9.72. The Morgan fingerprint density at radius 3 is 1.68 bits per heavy atom. The van der Waals surface area contributed by atoms with Crippen LogP contribution in [0.15, 0.2) is 194 Å². The molecule has 5 nitrogen and oxygen atoms in total. The lowest BCUT2D eigenvalue weighted by Gasteiger charge is -2.28. The van der Waals surface area contributed by atoms with E-state index in [1.54, 1.807) is 0 Å². The van der Waals surface area contributed by atoms with E-state index in [0.717, 1.165) is 45.1 Å². The van der Waals surface area contributed by atoms with Crippen molar-refractivity contribution in [2.24, 2.45) is 0 Å². The predicted octanol–water partition coefficient (Wildman–Crippen LogP) is 13.9. The molecule has 2 aromatic heterocycles. The number of ether oxygens (including phenoxy) is 1. The van der Waals surface area contributed by atoms with Crippen molar-refractivity contribution in [2.45, 2.75) is 38.5 Å². The summed E-state index contributed by atoms with van der Waals surface area (Å²) < 4.78 is 9.00. The van der Waals surface area contributed by atoms with Gasteiger partial charge in [0.05, 0.1) is 22.4 Å².